The monoisotopic (exact) mass is 503 g/mol. The molecule has 1 amide bonds. The van der Waals surface area contributed by atoms with Crippen LogP contribution < -0.4 is 15.8 Å². The van der Waals surface area contributed by atoms with Crippen LogP contribution in [0, 0.1) is 5.41 Å². The third kappa shape index (κ3) is 9.05. The number of hydrogen-bond acceptors (Lipinski definition) is 8. The largest absolute Gasteiger partial charge is 0.457 e. The Morgan fingerprint density at radius 1 is 1.03 bits per heavy atom. The summed E-state index contributed by atoms with van der Waals surface area (Å²) in [5, 5.41) is 11.9. The number of benzene rings is 2. The first-order chi connectivity index (χ1) is 17.8. The standard InChI is InChI=1S/C26H31N7O2.C2H6/c1-32(2)16-7-10-22(34)33(3)17-15-29-26-23(25(28)30-18-31-26)24(27)19-11-13-21(14-12-19)35-20-8-5-4-6-9-20;1-2/h4-14,18,27H,15-17H2,1-3H3,(H3,28,29,30,31);1-2H3/b10-7+,27-24?;. The van der Waals surface area contributed by atoms with E-state index in [-0.39, 0.29) is 17.4 Å². The SMILES string of the molecule is CC.CN(C)C/C=C/C(=O)N(C)CCNc1ncnc(N)c1C(=N)c1ccc(Oc2ccccc2)cc1. The van der Waals surface area contributed by atoms with E-state index in [0.717, 1.165) is 5.75 Å². The van der Waals surface area contributed by atoms with Crippen molar-refractivity contribution in [2.75, 3.05) is 51.8 Å². The smallest absolute Gasteiger partial charge is 0.246 e. The molecule has 0 aliphatic heterocycles. The number of nitrogens with one attached hydrogen (secondary N) is 2. The molecule has 0 unspecified atom stereocenters. The van der Waals surface area contributed by atoms with Crippen LogP contribution in [0.5, 0.6) is 11.5 Å². The lowest BCUT2D eigenvalue weighted by atomic mass is 10.0. The molecule has 196 valence electrons. The molecule has 0 bridgehead atoms. The fourth-order valence-corrected chi connectivity index (χ4v) is 3.18. The van der Waals surface area contributed by atoms with Crippen LogP contribution in [0.4, 0.5) is 11.6 Å². The van der Waals surface area contributed by atoms with Crippen molar-refractivity contribution in [3.63, 3.8) is 0 Å². The van der Waals surface area contributed by atoms with E-state index in [0.29, 0.717) is 42.3 Å². The van der Waals surface area contributed by atoms with Gasteiger partial charge in [0.2, 0.25) is 5.91 Å². The molecule has 0 spiro atoms. The summed E-state index contributed by atoms with van der Waals surface area (Å²) in [7, 11) is 5.62. The highest BCUT2D eigenvalue weighted by Crippen LogP contribution is 2.25. The van der Waals surface area contributed by atoms with Gasteiger partial charge in [0.1, 0.15) is 29.5 Å². The van der Waals surface area contributed by atoms with Gasteiger partial charge in [0.05, 0.1) is 11.3 Å². The topological polar surface area (TPSA) is 120 Å². The van der Waals surface area contributed by atoms with Crippen molar-refractivity contribution < 1.29 is 9.53 Å². The predicted octanol–water partition coefficient (Wildman–Crippen LogP) is 4.28. The number of carbonyl (C=O) groups is 1. The molecule has 0 saturated carbocycles. The van der Waals surface area contributed by atoms with Crippen molar-refractivity contribution >= 4 is 23.3 Å². The Balaban J connectivity index is 0.00000235. The van der Waals surface area contributed by atoms with Crippen LogP contribution in [0.15, 0.2) is 73.1 Å². The highest BCUT2D eigenvalue weighted by atomic mass is 16.5. The number of para-hydroxylation sites is 1. The average Bonchev–Trinajstić information content (AvgIpc) is 2.90. The molecule has 0 fully saturated rings. The van der Waals surface area contributed by atoms with Gasteiger partial charge in [-0.2, -0.15) is 0 Å². The van der Waals surface area contributed by atoms with Gasteiger partial charge in [-0.05, 0) is 50.5 Å². The first-order valence-electron chi connectivity index (χ1n) is 12.2. The fraction of sp³-hybridized carbons (Fsp3) is 0.286. The number of nitrogen functional groups attached to an aromatic ring is 1. The van der Waals surface area contributed by atoms with E-state index in [1.807, 2.05) is 69.3 Å². The normalized spacial score (nSPS) is 10.5. The first kappa shape index (κ1) is 29.0. The molecule has 0 aliphatic carbocycles. The van der Waals surface area contributed by atoms with Gasteiger partial charge in [0.15, 0.2) is 0 Å². The van der Waals surface area contributed by atoms with Gasteiger partial charge in [0, 0.05) is 38.3 Å². The Morgan fingerprint density at radius 2 is 1.68 bits per heavy atom. The molecule has 0 aliphatic rings. The maximum atomic E-state index is 12.2. The Labute approximate surface area is 219 Å². The number of carbonyl (C=O) groups excluding carboxylic acids is 1. The molecule has 1 aromatic heterocycles. The van der Waals surface area contributed by atoms with E-state index >= 15 is 0 Å². The molecule has 4 N–H and O–H groups in total. The second-order valence-corrected chi connectivity index (χ2v) is 8.15. The molecule has 3 aromatic rings. The zero-order chi connectivity index (χ0) is 27.2. The van der Waals surface area contributed by atoms with Gasteiger partial charge < -0.3 is 25.6 Å². The number of hydrogen-bond donors (Lipinski definition) is 3. The highest BCUT2D eigenvalue weighted by Gasteiger charge is 2.16. The predicted molar refractivity (Wildman–Crippen MR) is 151 cm³/mol. The fourth-order valence-electron chi connectivity index (χ4n) is 3.18. The Morgan fingerprint density at radius 3 is 2.32 bits per heavy atom. The number of rotatable bonds is 11. The molecular formula is C28H37N7O2. The quantitative estimate of drug-likeness (QED) is 0.264. The second-order valence-electron chi connectivity index (χ2n) is 8.15. The van der Waals surface area contributed by atoms with Crippen LogP contribution in [0.25, 0.3) is 0 Å². The Bertz CT molecular complexity index is 1160. The number of amides is 1. The molecule has 0 radical (unpaired) electrons. The number of anilines is 2. The second kappa shape index (κ2) is 15.0. The van der Waals surface area contributed by atoms with Crippen LogP contribution >= 0.6 is 0 Å². The number of ether oxygens (including phenoxy) is 1. The summed E-state index contributed by atoms with van der Waals surface area (Å²) >= 11 is 0. The van der Waals surface area contributed by atoms with Gasteiger partial charge in [-0.3, -0.25) is 10.2 Å². The third-order valence-corrected chi connectivity index (χ3v) is 5.10. The molecule has 3 rings (SSSR count). The molecule has 1 heterocycles. The highest BCUT2D eigenvalue weighted by molar-refractivity contribution is 6.16. The van der Waals surface area contributed by atoms with E-state index in [4.69, 9.17) is 15.9 Å². The number of nitrogens with zero attached hydrogens (tertiary/aromatic N) is 4. The van der Waals surface area contributed by atoms with Gasteiger partial charge in [-0.25, -0.2) is 9.97 Å². The molecular weight excluding hydrogens is 466 g/mol. The lowest BCUT2D eigenvalue weighted by molar-refractivity contribution is -0.124. The Hall–Kier alpha value is -4.24. The van der Waals surface area contributed by atoms with Crippen LogP contribution in [0.2, 0.25) is 0 Å². The van der Waals surface area contributed by atoms with E-state index in [2.05, 4.69) is 15.3 Å². The van der Waals surface area contributed by atoms with Crippen molar-refractivity contribution in [2.24, 2.45) is 0 Å². The number of likely N-dealkylation sites (N-methyl/N-ethyl adjacent to an activating group) is 2. The van der Waals surface area contributed by atoms with E-state index in [1.54, 1.807) is 42.3 Å². The summed E-state index contributed by atoms with van der Waals surface area (Å²) in [6.45, 7) is 5.58. The van der Waals surface area contributed by atoms with Crippen LogP contribution in [-0.2, 0) is 4.79 Å². The minimum absolute atomic E-state index is 0.0818. The van der Waals surface area contributed by atoms with Gasteiger partial charge >= 0.3 is 0 Å². The summed E-state index contributed by atoms with van der Waals surface area (Å²) in [6, 6.07) is 16.7. The van der Waals surface area contributed by atoms with Crippen molar-refractivity contribution in [2.45, 2.75) is 13.8 Å². The van der Waals surface area contributed by atoms with Crippen molar-refractivity contribution in [3.8, 4) is 11.5 Å². The number of nitrogens with two attached hydrogens (primary N) is 1. The molecule has 0 atom stereocenters. The van der Waals surface area contributed by atoms with Gasteiger partial charge in [0.25, 0.3) is 0 Å². The maximum absolute atomic E-state index is 12.2. The maximum Gasteiger partial charge on any atom is 0.246 e. The lowest BCUT2D eigenvalue weighted by Gasteiger charge is -2.18. The van der Waals surface area contributed by atoms with Crippen LogP contribution in [0.1, 0.15) is 25.0 Å². The average molecular weight is 504 g/mol. The summed E-state index contributed by atoms with van der Waals surface area (Å²) < 4.78 is 5.83. The first-order valence-corrected chi connectivity index (χ1v) is 12.2. The van der Waals surface area contributed by atoms with Crippen LogP contribution in [-0.4, -0.2) is 72.2 Å². The summed E-state index contributed by atoms with van der Waals surface area (Å²) in [4.78, 5) is 24.2. The van der Waals surface area contributed by atoms with E-state index in [1.165, 1.54) is 6.33 Å². The molecule has 9 heteroatoms. The molecule has 0 saturated heterocycles. The lowest BCUT2D eigenvalue weighted by Crippen LogP contribution is -2.30. The van der Waals surface area contributed by atoms with Gasteiger partial charge in [-0.15, -0.1) is 0 Å². The summed E-state index contributed by atoms with van der Waals surface area (Å²) in [5.41, 5.74) is 7.36. The zero-order valence-electron chi connectivity index (χ0n) is 22.2. The molecule has 37 heavy (non-hydrogen) atoms. The molecule has 2 aromatic carbocycles. The molecule has 9 nitrogen and oxygen atoms in total. The van der Waals surface area contributed by atoms with E-state index < -0.39 is 0 Å². The minimum Gasteiger partial charge on any atom is -0.457 e. The van der Waals surface area contributed by atoms with Crippen LogP contribution in [0.3, 0.4) is 0 Å². The minimum atomic E-state index is -0.0818. The van der Waals surface area contributed by atoms with Crippen molar-refractivity contribution in [1.82, 2.24) is 19.8 Å². The zero-order valence-corrected chi connectivity index (χ0v) is 22.2. The van der Waals surface area contributed by atoms with E-state index in [9.17, 15) is 4.79 Å². The Kier molecular flexibility index (Phi) is 11.8. The van der Waals surface area contributed by atoms with Crippen molar-refractivity contribution in [1.29, 1.82) is 5.41 Å². The summed E-state index contributed by atoms with van der Waals surface area (Å²) in [6.07, 6.45) is 4.74. The summed E-state index contributed by atoms with van der Waals surface area (Å²) in [5.74, 6) is 1.96. The van der Waals surface area contributed by atoms with Gasteiger partial charge in [-0.1, -0.05) is 38.1 Å². The third-order valence-electron chi connectivity index (χ3n) is 5.10. The van der Waals surface area contributed by atoms with Crippen molar-refractivity contribution in [3.05, 3.63) is 84.2 Å². The number of aromatic nitrogens is 2.